The predicted octanol–water partition coefficient (Wildman–Crippen LogP) is 2.21. The molecule has 0 aromatic rings. The van der Waals surface area contributed by atoms with Gasteiger partial charge in [-0.2, -0.15) is 13.2 Å². The molecule has 3 nitrogen and oxygen atoms in total. The fourth-order valence-electron chi connectivity index (χ4n) is 1.91. The molecule has 1 aliphatic heterocycles. The normalized spacial score (nSPS) is 18.5. The lowest BCUT2D eigenvalue weighted by atomic mass is 10.0. The number of ether oxygens (including phenoxy) is 1. The third-order valence-corrected chi connectivity index (χ3v) is 2.76. The second-order valence-electron chi connectivity index (χ2n) is 4.58. The van der Waals surface area contributed by atoms with Crippen LogP contribution in [0.2, 0.25) is 0 Å². The Morgan fingerprint density at radius 2 is 1.88 bits per heavy atom. The van der Waals surface area contributed by atoms with Crippen molar-refractivity contribution in [3.63, 3.8) is 0 Å². The van der Waals surface area contributed by atoms with Crippen LogP contribution >= 0.6 is 0 Å². The molecular weight excluding hydrogens is 235 g/mol. The second kappa shape index (κ2) is 5.71. The molecule has 0 aromatic heterocycles. The SMILES string of the molecule is CC(C)C(=O)N(CC(F)(F)F)C1CCOCC1. The highest BCUT2D eigenvalue weighted by Crippen LogP contribution is 2.23. The molecule has 0 spiro atoms. The molecule has 1 rings (SSSR count). The summed E-state index contributed by atoms with van der Waals surface area (Å²) in [6.45, 7) is 2.92. The molecule has 0 aromatic carbocycles. The first kappa shape index (κ1) is 14.3. The average Bonchev–Trinajstić information content (AvgIpc) is 2.25. The van der Waals surface area contributed by atoms with Crippen LogP contribution in [0, 0.1) is 5.92 Å². The Morgan fingerprint density at radius 3 is 2.29 bits per heavy atom. The Balaban J connectivity index is 2.73. The standard InChI is InChI=1S/C11H18F3NO2/c1-8(2)10(16)15(7-11(12,13)14)9-3-5-17-6-4-9/h8-9H,3-7H2,1-2H3. The highest BCUT2D eigenvalue weighted by molar-refractivity contribution is 5.78. The van der Waals surface area contributed by atoms with Crippen LogP contribution in [0.5, 0.6) is 0 Å². The van der Waals surface area contributed by atoms with E-state index in [1.54, 1.807) is 13.8 Å². The Hall–Kier alpha value is -0.780. The Labute approximate surface area is 98.9 Å². The minimum Gasteiger partial charge on any atom is -0.381 e. The summed E-state index contributed by atoms with van der Waals surface area (Å²) in [5, 5.41) is 0. The van der Waals surface area contributed by atoms with Crippen LogP contribution in [0.15, 0.2) is 0 Å². The Bertz CT molecular complexity index is 260. The molecule has 0 aliphatic carbocycles. The van der Waals surface area contributed by atoms with Crippen LogP contribution in [-0.4, -0.2) is 42.8 Å². The third kappa shape index (κ3) is 4.53. The van der Waals surface area contributed by atoms with E-state index in [1.807, 2.05) is 0 Å². The van der Waals surface area contributed by atoms with Gasteiger partial charge >= 0.3 is 6.18 Å². The average molecular weight is 253 g/mol. The quantitative estimate of drug-likeness (QED) is 0.771. The molecule has 1 heterocycles. The fourth-order valence-corrected chi connectivity index (χ4v) is 1.91. The zero-order valence-corrected chi connectivity index (χ0v) is 10.1. The van der Waals surface area contributed by atoms with Gasteiger partial charge in [0.2, 0.25) is 5.91 Å². The van der Waals surface area contributed by atoms with Gasteiger partial charge in [0, 0.05) is 25.2 Å². The highest BCUT2D eigenvalue weighted by Gasteiger charge is 2.37. The van der Waals surface area contributed by atoms with Gasteiger partial charge in [-0.05, 0) is 12.8 Å². The summed E-state index contributed by atoms with van der Waals surface area (Å²) in [6, 6.07) is -0.347. The first-order valence-electron chi connectivity index (χ1n) is 5.76. The van der Waals surface area contributed by atoms with E-state index < -0.39 is 24.5 Å². The van der Waals surface area contributed by atoms with Gasteiger partial charge in [-0.25, -0.2) is 0 Å². The number of rotatable bonds is 3. The van der Waals surface area contributed by atoms with E-state index in [0.717, 1.165) is 4.90 Å². The van der Waals surface area contributed by atoms with Gasteiger partial charge < -0.3 is 9.64 Å². The number of halogens is 3. The van der Waals surface area contributed by atoms with Gasteiger partial charge in [-0.15, -0.1) is 0 Å². The topological polar surface area (TPSA) is 29.5 Å². The van der Waals surface area contributed by atoms with Crippen molar-refractivity contribution >= 4 is 5.91 Å². The summed E-state index contributed by atoms with van der Waals surface area (Å²) >= 11 is 0. The lowest BCUT2D eigenvalue weighted by Gasteiger charge is -2.35. The van der Waals surface area contributed by atoms with Crippen LogP contribution in [0.1, 0.15) is 26.7 Å². The molecule has 0 bridgehead atoms. The first-order chi connectivity index (χ1) is 7.81. The smallest absolute Gasteiger partial charge is 0.381 e. The van der Waals surface area contributed by atoms with Gasteiger partial charge in [0.15, 0.2) is 0 Å². The minimum absolute atomic E-state index is 0.347. The largest absolute Gasteiger partial charge is 0.406 e. The second-order valence-corrected chi connectivity index (χ2v) is 4.58. The van der Waals surface area contributed by atoms with Crippen LogP contribution in [0.25, 0.3) is 0 Å². The summed E-state index contributed by atoms with van der Waals surface area (Å²) in [7, 11) is 0. The minimum atomic E-state index is -4.34. The maximum Gasteiger partial charge on any atom is 0.406 e. The van der Waals surface area contributed by atoms with Crippen molar-refractivity contribution in [2.24, 2.45) is 5.92 Å². The van der Waals surface area contributed by atoms with Crippen molar-refractivity contribution in [2.45, 2.75) is 38.9 Å². The summed E-state index contributed by atoms with van der Waals surface area (Å²) < 4.78 is 42.5. The summed E-state index contributed by atoms with van der Waals surface area (Å²) in [5.41, 5.74) is 0. The molecule has 100 valence electrons. The van der Waals surface area contributed by atoms with Crippen LogP contribution in [0.3, 0.4) is 0 Å². The number of carbonyl (C=O) groups excluding carboxylic acids is 1. The van der Waals surface area contributed by atoms with E-state index in [4.69, 9.17) is 4.74 Å². The van der Waals surface area contributed by atoms with Crippen molar-refractivity contribution in [1.82, 2.24) is 4.90 Å². The zero-order valence-electron chi connectivity index (χ0n) is 10.1. The van der Waals surface area contributed by atoms with E-state index in [-0.39, 0.29) is 6.04 Å². The molecular formula is C11H18F3NO2. The zero-order chi connectivity index (χ0) is 13.1. The molecule has 1 amide bonds. The third-order valence-electron chi connectivity index (χ3n) is 2.76. The molecule has 1 aliphatic rings. The number of carbonyl (C=O) groups is 1. The summed E-state index contributed by atoms with van der Waals surface area (Å²) in [6.07, 6.45) is -3.38. The predicted molar refractivity (Wildman–Crippen MR) is 56.4 cm³/mol. The van der Waals surface area contributed by atoms with Crippen molar-refractivity contribution in [3.05, 3.63) is 0 Å². The molecule has 6 heteroatoms. The molecule has 0 radical (unpaired) electrons. The molecule has 0 unspecified atom stereocenters. The summed E-state index contributed by atoms with van der Waals surface area (Å²) in [5.74, 6) is -0.852. The van der Waals surface area contributed by atoms with E-state index in [9.17, 15) is 18.0 Å². The van der Waals surface area contributed by atoms with E-state index >= 15 is 0 Å². The van der Waals surface area contributed by atoms with Gasteiger partial charge in [-0.1, -0.05) is 13.8 Å². The van der Waals surface area contributed by atoms with Crippen LogP contribution in [-0.2, 0) is 9.53 Å². The van der Waals surface area contributed by atoms with Crippen LogP contribution < -0.4 is 0 Å². The summed E-state index contributed by atoms with van der Waals surface area (Å²) in [4.78, 5) is 12.8. The van der Waals surface area contributed by atoms with Gasteiger partial charge in [0.05, 0.1) is 0 Å². The molecule has 0 N–H and O–H groups in total. The van der Waals surface area contributed by atoms with Crippen LogP contribution in [0.4, 0.5) is 13.2 Å². The van der Waals surface area contributed by atoms with Gasteiger partial charge in [0.25, 0.3) is 0 Å². The Kier molecular flexibility index (Phi) is 4.80. The number of nitrogens with zero attached hydrogens (tertiary/aromatic N) is 1. The first-order valence-corrected chi connectivity index (χ1v) is 5.76. The monoisotopic (exact) mass is 253 g/mol. The maximum absolute atomic E-state index is 12.5. The molecule has 1 saturated heterocycles. The van der Waals surface area contributed by atoms with Crippen molar-refractivity contribution < 1.29 is 22.7 Å². The van der Waals surface area contributed by atoms with Gasteiger partial charge in [-0.3, -0.25) is 4.79 Å². The fraction of sp³-hybridized carbons (Fsp3) is 0.909. The molecule has 17 heavy (non-hydrogen) atoms. The highest BCUT2D eigenvalue weighted by atomic mass is 19.4. The number of alkyl halides is 3. The van der Waals surface area contributed by atoms with Crippen molar-refractivity contribution in [2.75, 3.05) is 19.8 Å². The molecule has 1 fully saturated rings. The Morgan fingerprint density at radius 1 is 1.35 bits per heavy atom. The van der Waals surface area contributed by atoms with Crippen molar-refractivity contribution in [3.8, 4) is 0 Å². The lowest BCUT2D eigenvalue weighted by Crippen LogP contribution is -2.49. The van der Waals surface area contributed by atoms with E-state index in [0.29, 0.717) is 26.1 Å². The van der Waals surface area contributed by atoms with E-state index in [2.05, 4.69) is 0 Å². The lowest BCUT2D eigenvalue weighted by molar-refractivity contribution is -0.170. The number of hydrogen-bond donors (Lipinski definition) is 0. The molecule has 0 saturated carbocycles. The number of amides is 1. The van der Waals surface area contributed by atoms with Gasteiger partial charge in [0.1, 0.15) is 6.54 Å². The number of hydrogen-bond acceptors (Lipinski definition) is 2. The maximum atomic E-state index is 12.5. The van der Waals surface area contributed by atoms with E-state index in [1.165, 1.54) is 0 Å². The van der Waals surface area contributed by atoms with Crippen molar-refractivity contribution in [1.29, 1.82) is 0 Å². The molecule has 0 atom stereocenters.